The van der Waals surface area contributed by atoms with Crippen molar-refractivity contribution in [3.63, 3.8) is 0 Å². The number of carbonyl (C=O) groups is 1. The topological polar surface area (TPSA) is 30.7 Å². The second kappa shape index (κ2) is 6.49. The molecule has 2 bridgehead atoms. The molecule has 0 radical (unpaired) electrons. The largest absolute Gasteiger partial charge is 0.447 e. The number of benzene rings is 1. The van der Waals surface area contributed by atoms with Gasteiger partial charge in [0, 0.05) is 30.4 Å². The van der Waals surface area contributed by atoms with E-state index in [0.717, 1.165) is 31.6 Å². The van der Waals surface area contributed by atoms with Crippen LogP contribution in [0.25, 0.3) is 6.08 Å². The molecule has 3 aliphatic rings. The molecule has 3 nitrogen and oxygen atoms in total. The first-order valence-corrected chi connectivity index (χ1v) is 9.16. The molecule has 0 aliphatic carbocycles. The fourth-order valence-corrected chi connectivity index (χ4v) is 4.31. The fraction of sp³-hybridized carbons (Fsp3) is 0.316. The van der Waals surface area contributed by atoms with Crippen LogP contribution in [-0.2, 0) is 4.74 Å². The maximum Gasteiger partial charge on any atom is 0.349 e. The summed E-state index contributed by atoms with van der Waals surface area (Å²) in [6.07, 6.45) is 3.72. The Morgan fingerprint density at radius 3 is 2.71 bits per heavy atom. The summed E-state index contributed by atoms with van der Waals surface area (Å²) < 4.78 is 19.9. The third-order valence-corrected chi connectivity index (χ3v) is 5.80. The predicted molar refractivity (Wildman–Crippen MR) is 91.3 cm³/mol. The van der Waals surface area contributed by atoms with Crippen molar-refractivity contribution in [2.75, 3.05) is 13.1 Å². The van der Waals surface area contributed by atoms with Crippen LogP contribution < -0.4 is 4.90 Å². The van der Waals surface area contributed by atoms with Crippen molar-refractivity contribution in [1.82, 2.24) is 0 Å². The van der Waals surface area contributed by atoms with E-state index in [-0.39, 0.29) is 17.9 Å². The number of piperidine rings is 3. The summed E-state index contributed by atoms with van der Waals surface area (Å²) in [5, 5.41) is 1.87. The van der Waals surface area contributed by atoms with E-state index in [1.807, 2.05) is 23.6 Å². The van der Waals surface area contributed by atoms with Gasteiger partial charge >= 0.3 is 5.97 Å². The van der Waals surface area contributed by atoms with Crippen LogP contribution in [0.15, 0.2) is 47.5 Å². The molecule has 3 aliphatic heterocycles. The maximum absolute atomic E-state index is 14.0. The van der Waals surface area contributed by atoms with Crippen LogP contribution in [0.4, 0.5) is 4.39 Å². The van der Waals surface area contributed by atoms with Crippen LogP contribution in [0.3, 0.4) is 0 Å². The minimum atomic E-state index is -0.275. The van der Waals surface area contributed by atoms with Crippen LogP contribution >= 0.6 is 11.3 Å². The quantitative estimate of drug-likeness (QED) is 0.868. The number of esters is 1. The molecule has 124 valence electrons. The molecule has 3 fully saturated rings. The number of carbonyl (C=O) groups excluding carboxylic acids is 1. The molecule has 5 rings (SSSR count). The number of quaternary nitrogens is 1. The highest BCUT2D eigenvalue weighted by Gasteiger charge is 2.44. The average Bonchev–Trinajstić information content (AvgIpc) is 3.14. The summed E-state index contributed by atoms with van der Waals surface area (Å²) in [6, 6.07) is 10.4. The lowest BCUT2D eigenvalue weighted by atomic mass is 9.82. The van der Waals surface area contributed by atoms with E-state index in [0.29, 0.717) is 16.4 Å². The fourth-order valence-electron chi connectivity index (χ4n) is 3.71. The normalized spacial score (nSPS) is 27.4. The molecular weight excluding hydrogens is 325 g/mol. The lowest BCUT2D eigenvalue weighted by Gasteiger charge is -2.42. The zero-order chi connectivity index (χ0) is 16.5. The number of nitrogens with one attached hydrogen (secondary N) is 1. The Balaban J connectivity index is 1.65. The van der Waals surface area contributed by atoms with Crippen molar-refractivity contribution in [2.45, 2.75) is 18.9 Å². The number of hydrogen-bond acceptors (Lipinski definition) is 3. The van der Waals surface area contributed by atoms with E-state index in [1.54, 1.807) is 18.2 Å². The minimum absolute atomic E-state index is 0.240. The average molecular weight is 344 g/mol. The molecule has 1 aromatic heterocycles. The third kappa shape index (κ3) is 2.89. The van der Waals surface area contributed by atoms with Crippen molar-refractivity contribution in [1.29, 1.82) is 0 Å². The highest BCUT2D eigenvalue weighted by Crippen LogP contribution is 2.29. The number of ether oxygens (including phenoxy) is 1. The van der Waals surface area contributed by atoms with Crippen molar-refractivity contribution in [3.05, 3.63) is 63.7 Å². The predicted octanol–water partition coefficient (Wildman–Crippen LogP) is 2.76. The first-order valence-electron chi connectivity index (χ1n) is 8.28. The van der Waals surface area contributed by atoms with Crippen LogP contribution in [0.2, 0.25) is 0 Å². The highest BCUT2D eigenvalue weighted by atomic mass is 32.1. The van der Waals surface area contributed by atoms with Gasteiger partial charge in [0.05, 0.1) is 13.1 Å². The third-order valence-electron chi connectivity index (χ3n) is 4.95. The summed E-state index contributed by atoms with van der Waals surface area (Å²) in [5.41, 5.74) is 1.57. The Hall–Kier alpha value is -1.98. The smallest absolute Gasteiger partial charge is 0.349 e. The molecule has 3 saturated heterocycles. The van der Waals surface area contributed by atoms with Gasteiger partial charge in [0.25, 0.3) is 0 Å². The van der Waals surface area contributed by atoms with Crippen molar-refractivity contribution in [3.8, 4) is 0 Å². The molecular formula is C19H19FNO2S+. The molecule has 0 saturated carbocycles. The lowest BCUT2D eigenvalue weighted by molar-refractivity contribution is -0.880. The van der Waals surface area contributed by atoms with Crippen LogP contribution in [0, 0.1) is 11.7 Å². The van der Waals surface area contributed by atoms with E-state index < -0.39 is 0 Å². The van der Waals surface area contributed by atoms with Gasteiger partial charge in [-0.25, -0.2) is 9.18 Å². The van der Waals surface area contributed by atoms with Gasteiger partial charge in [-0.3, -0.25) is 0 Å². The molecule has 5 heteroatoms. The Morgan fingerprint density at radius 2 is 2.00 bits per heavy atom. The van der Waals surface area contributed by atoms with E-state index in [2.05, 4.69) is 0 Å². The number of hydrogen-bond donors (Lipinski definition) is 1. The number of thiophene rings is 1. The molecule has 4 heterocycles. The van der Waals surface area contributed by atoms with Crippen molar-refractivity contribution >= 4 is 23.4 Å². The monoisotopic (exact) mass is 344 g/mol. The zero-order valence-electron chi connectivity index (χ0n) is 13.2. The van der Waals surface area contributed by atoms with E-state index in [1.165, 1.54) is 22.3 Å². The molecule has 0 unspecified atom stereocenters. The SMILES string of the molecule is O=C(O[C@H]1/C(=C/c2ccccc2F)[NH+]2CCC1CC2)c1cccs1. The van der Waals surface area contributed by atoms with Gasteiger partial charge in [0.1, 0.15) is 16.4 Å². The van der Waals surface area contributed by atoms with Crippen LogP contribution in [0.5, 0.6) is 0 Å². The van der Waals surface area contributed by atoms with Gasteiger partial charge < -0.3 is 9.64 Å². The zero-order valence-corrected chi connectivity index (χ0v) is 14.0. The summed E-state index contributed by atoms with van der Waals surface area (Å²) in [6.45, 7) is 2.05. The summed E-state index contributed by atoms with van der Waals surface area (Å²) in [5.74, 6) is -0.178. The van der Waals surface area contributed by atoms with Crippen LogP contribution in [-0.4, -0.2) is 25.2 Å². The van der Waals surface area contributed by atoms with Gasteiger partial charge in [0.15, 0.2) is 6.10 Å². The standard InChI is InChI=1S/C19H18FNO2S/c20-15-5-2-1-4-14(15)12-16-18(13-7-9-21(16)10-8-13)23-19(22)17-6-3-11-24-17/h1-6,11-13,18H,7-10H2/p+1/b16-12-/t18-/m1/s1. The first kappa shape index (κ1) is 15.5. The maximum atomic E-state index is 14.0. The summed E-state index contributed by atoms with van der Waals surface area (Å²) in [7, 11) is 0. The Bertz CT molecular complexity index is 763. The minimum Gasteiger partial charge on any atom is -0.447 e. The lowest BCUT2D eigenvalue weighted by Crippen LogP contribution is -3.14. The summed E-state index contributed by atoms with van der Waals surface area (Å²) >= 11 is 1.39. The molecule has 2 aromatic rings. The Kier molecular flexibility index (Phi) is 4.21. The second-order valence-corrected chi connectivity index (χ2v) is 7.31. The molecule has 0 amide bonds. The first-order chi connectivity index (χ1) is 11.7. The molecule has 1 aromatic carbocycles. The molecule has 24 heavy (non-hydrogen) atoms. The van der Waals surface area contributed by atoms with Crippen LogP contribution in [0.1, 0.15) is 28.1 Å². The van der Waals surface area contributed by atoms with E-state index >= 15 is 0 Å². The van der Waals surface area contributed by atoms with Gasteiger partial charge in [-0.15, -0.1) is 11.3 Å². The van der Waals surface area contributed by atoms with Gasteiger partial charge in [-0.05, 0) is 17.5 Å². The second-order valence-electron chi connectivity index (χ2n) is 6.37. The molecule has 1 atom stereocenters. The van der Waals surface area contributed by atoms with Gasteiger partial charge in [-0.1, -0.05) is 24.3 Å². The van der Waals surface area contributed by atoms with E-state index in [4.69, 9.17) is 4.74 Å². The number of rotatable bonds is 3. The highest BCUT2D eigenvalue weighted by molar-refractivity contribution is 7.11. The van der Waals surface area contributed by atoms with E-state index in [9.17, 15) is 9.18 Å². The summed E-state index contributed by atoms with van der Waals surface area (Å²) in [4.78, 5) is 14.3. The molecule has 0 spiro atoms. The number of fused-ring (bicyclic) bond motifs is 3. The van der Waals surface area contributed by atoms with Gasteiger partial charge in [0.2, 0.25) is 0 Å². The van der Waals surface area contributed by atoms with Gasteiger partial charge in [-0.2, -0.15) is 0 Å². The van der Waals surface area contributed by atoms with Crippen molar-refractivity contribution in [2.24, 2.45) is 5.92 Å². The Labute approximate surface area is 144 Å². The van der Waals surface area contributed by atoms with Crippen molar-refractivity contribution < 1.29 is 18.8 Å². The Morgan fingerprint density at radius 1 is 1.21 bits per heavy atom. The molecule has 1 N–H and O–H groups in total. The number of halogens is 1.